The van der Waals surface area contributed by atoms with Gasteiger partial charge in [0.15, 0.2) is 0 Å². The fourth-order valence-electron chi connectivity index (χ4n) is 2.20. The number of nitrogens with zero attached hydrogens (tertiary/aromatic N) is 1. The Morgan fingerprint density at radius 2 is 1.88 bits per heavy atom. The van der Waals surface area contributed by atoms with Crippen LogP contribution in [0, 0.1) is 5.82 Å². The van der Waals surface area contributed by atoms with Gasteiger partial charge in [-0.2, -0.15) is 0 Å². The van der Waals surface area contributed by atoms with Gasteiger partial charge in [0, 0.05) is 18.3 Å². The highest BCUT2D eigenvalue weighted by Crippen LogP contribution is 2.27. The van der Waals surface area contributed by atoms with Gasteiger partial charge in [-0.3, -0.25) is 0 Å². The maximum absolute atomic E-state index is 13.6. The molecule has 0 amide bonds. The van der Waals surface area contributed by atoms with Crippen LogP contribution in [0.2, 0.25) is 0 Å². The van der Waals surface area contributed by atoms with Crippen molar-refractivity contribution in [3.63, 3.8) is 0 Å². The molecule has 0 bridgehead atoms. The molecule has 0 aliphatic rings. The van der Waals surface area contributed by atoms with E-state index in [1.807, 2.05) is 36.4 Å². The highest BCUT2D eigenvalue weighted by Gasteiger charge is 2.06. The topological polar surface area (TPSA) is 34.1 Å². The van der Waals surface area contributed by atoms with Crippen molar-refractivity contribution in [2.75, 3.05) is 5.32 Å². The van der Waals surface area contributed by atoms with Gasteiger partial charge in [0.05, 0.1) is 4.47 Å². The summed E-state index contributed by atoms with van der Waals surface area (Å²) in [5.41, 5.74) is 1.62. The van der Waals surface area contributed by atoms with Gasteiger partial charge in [-0.15, -0.1) is 0 Å². The van der Waals surface area contributed by atoms with Crippen LogP contribution in [0.1, 0.15) is 11.1 Å². The van der Waals surface area contributed by atoms with Gasteiger partial charge in [-0.25, -0.2) is 9.37 Å². The van der Waals surface area contributed by atoms with E-state index in [0.29, 0.717) is 17.9 Å². The molecular weight excluding hydrogens is 371 g/mol. The summed E-state index contributed by atoms with van der Waals surface area (Å²) in [5.74, 6) is 1.25. The first-order valence-corrected chi connectivity index (χ1v) is 8.31. The first-order chi connectivity index (χ1) is 11.7. The normalized spacial score (nSPS) is 10.4. The van der Waals surface area contributed by atoms with Crippen LogP contribution in [0.15, 0.2) is 71.3 Å². The lowest BCUT2D eigenvalue weighted by Crippen LogP contribution is -2.02. The van der Waals surface area contributed by atoms with E-state index < -0.39 is 0 Å². The number of pyridine rings is 1. The molecule has 24 heavy (non-hydrogen) atoms. The van der Waals surface area contributed by atoms with E-state index >= 15 is 0 Å². The molecule has 5 heteroatoms. The number of ether oxygens (including phenoxy) is 1. The van der Waals surface area contributed by atoms with Crippen molar-refractivity contribution in [1.82, 2.24) is 4.98 Å². The number of benzene rings is 2. The van der Waals surface area contributed by atoms with Crippen molar-refractivity contribution < 1.29 is 9.13 Å². The molecule has 2 aromatic carbocycles. The SMILES string of the molecule is Fc1ccccc1COc1ccc(CNc2ccccn2)cc1Br. The predicted molar refractivity (Wildman–Crippen MR) is 96.4 cm³/mol. The smallest absolute Gasteiger partial charge is 0.134 e. The van der Waals surface area contributed by atoms with E-state index in [-0.39, 0.29) is 12.4 Å². The molecular formula is C19H16BrFN2O. The predicted octanol–water partition coefficient (Wildman–Crippen LogP) is 5.17. The summed E-state index contributed by atoms with van der Waals surface area (Å²) in [6, 6.07) is 18.2. The number of aromatic nitrogens is 1. The molecule has 3 rings (SSSR count). The third kappa shape index (κ3) is 4.32. The Bertz CT molecular complexity index is 811. The van der Waals surface area contributed by atoms with Gasteiger partial charge < -0.3 is 10.1 Å². The van der Waals surface area contributed by atoms with Crippen molar-refractivity contribution in [2.24, 2.45) is 0 Å². The second-order valence-corrected chi connectivity index (χ2v) is 6.07. The number of hydrogen-bond donors (Lipinski definition) is 1. The van der Waals surface area contributed by atoms with Gasteiger partial charge in [0.1, 0.15) is 24.0 Å². The highest BCUT2D eigenvalue weighted by molar-refractivity contribution is 9.10. The van der Waals surface area contributed by atoms with Crippen LogP contribution in [0.25, 0.3) is 0 Å². The van der Waals surface area contributed by atoms with E-state index in [1.165, 1.54) is 6.07 Å². The van der Waals surface area contributed by atoms with E-state index in [4.69, 9.17) is 4.74 Å². The first kappa shape index (κ1) is 16.5. The maximum atomic E-state index is 13.6. The van der Waals surface area contributed by atoms with Crippen LogP contribution in [-0.4, -0.2) is 4.98 Å². The van der Waals surface area contributed by atoms with E-state index in [0.717, 1.165) is 15.9 Å². The zero-order chi connectivity index (χ0) is 16.8. The monoisotopic (exact) mass is 386 g/mol. The summed E-state index contributed by atoms with van der Waals surface area (Å²) in [7, 11) is 0. The minimum atomic E-state index is -0.259. The highest BCUT2D eigenvalue weighted by atomic mass is 79.9. The summed E-state index contributed by atoms with van der Waals surface area (Å²) in [5, 5.41) is 3.25. The van der Waals surface area contributed by atoms with Gasteiger partial charge in [0.25, 0.3) is 0 Å². The molecule has 0 unspecified atom stereocenters. The molecule has 0 radical (unpaired) electrons. The molecule has 1 aromatic heterocycles. The second kappa shape index (κ2) is 7.93. The lowest BCUT2D eigenvalue weighted by atomic mass is 10.2. The second-order valence-electron chi connectivity index (χ2n) is 5.21. The van der Waals surface area contributed by atoms with Crippen molar-refractivity contribution >= 4 is 21.7 Å². The fraction of sp³-hybridized carbons (Fsp3) is 0.105. The molecule has 0 spiro atoms. The minimum absolute atomic E-state index is 0.191. The Morgan fingerprint density at radius 1 is 1.04 bits per heavy atom. The number of nitrogens with one attached hydrogen (secondary N) is 1. The summed E-state index contributed by atoms with van der Waals surface area (Å²) in [4.78, 5) is 4.22. The first-order valence-electron chi connectivity index (χ1n) is 7.52. The summed E-state index contributed by atoms with van der Waals surface area (Å²) in [6.07, 6.45) is 1.75. The maximum Gasteiger partial charge on any atom is 0.134 e. The molecule has 0 fully saturated rings. The third-order valence-electron chi connectivity index (χ3n) is 3.48. The Balaban J connectivity index is 1.61. The van der Waals surface area contributed by atoms with Crippen LogP contribution >= 0.6 is 15.9 Å². The van der Waals surface area contributed by atoms with Crippen LogP contribution < -0.4 is 10.1 Å². The molecule has 0 saturated carbocycles. The Labute approximate surface area is 148 Å². The van der Waals surface area contributed by atoms with Crippen LogP contribution in [0.3, 0.4) is 0 Å². The van der Waals surface area contributed by atoms with Crippen LogP contribution in [-0.2, 0) is 13.2 Å². The van der Waals surface area contributed by atoms with Crippen molar-refractivity contribution in [2.45, 2.75) is 13.2 Å². The van der Waals surface area contributed by atoms with Crippen LogP contribution in [0.4, 0.5) is 10.2 Å². The summed E-state index contributed by atoms with van der Waals surface area (Å²) in [6.45, 7) is 0.847. The van der Waals surface area contributed by atoms with Gasteiger partial charge in [-0.1, -0.05) is 30.3 Å². The number of halogens is 2. The van der Waals surface area contributed by atoms with E-state index in [2.05, 4.69) is 26.2 Å². The van der Waals surface area contributed by atoms with Gasteiger partial charge in [-0.05, 0) is 51.8 Å². The molecule has 0 atom stereocenters. The average Bonchev–Trinajstić information content (AvgIpc) is 2.61. The zero-order valence-electron chi connectivity index (χ0n) is 12.9. The molecule has 0 aliphatic heterocycles. The number of hydrogen-bond acceptors (Lipinski definition) is 3. The molecule has 0 saturated heterocycles. The standard InChI is InChI=1S/C19H16BrFN2O/c20-16-11-14(12-23-19-7-3-4-10-22-19)8-9-18(16)24-13-15-5-1-2-6-17(15)21/h1-11H,12-13H2,(H,22,23). The van der Waals surface area contributed by atoms with Crippen molar-refractivity contribution in [3.8, 4) is 5.75 Å². The van der Waals surface area contributed by atoms with Gasteiger partial charge in [0.2, 0.25) is 0 Å². The average molecular weight is 387 g/mol. The summed E-state index contributed by atoms with van der Waals surface area (Å²) < 4.78 is 20.1. The van der Waals surface area contributed by atoms with E-state index in [9.17, 15) is 4.39 Å². The van der Waals surface area contributed by atoms with Crippen molar-refractivity contribution in [1.29, 1.82) is 0 Å². The molecule has 0 aliphatic carbocycles. The molecule has 122 valence electrons. The molecule has 3 nitrogen and oxygen atoms in total. The minimum Gasteiger partial charge on any atom is -0.488 e. The summed E-state index contributed by atoms with van der Waals surface area (Å²) >= 11 is 3.50. The van der Waals surface area contributed by atoms with E-state index in [1.54, 1.807) is 24.4 Å². The lowest BCUT2D eigenvalue weighted by molar-refractivity contribution is 0.298. The third-order valence-corrected chi connectivity index (χ3v) is 4.10. The Morgan fingerprint density at radius 3 is 2.62 bits per heavy atom. The van der Waals surface area contributed by atoms with Crippen LogP contribution in [0.5, 0.6) is 5.75 Å². The Hall–Kier alpha value is -2.40. The number of rotatable bonds is 6. The van der Waals surface area contributed by atoms with Gasteiger partial charge >= 0.3 is 0 Å². The Kier molecular flexibility index (Phi) is 5.43. The molecule has 1 heterocycles. The molecule has 1 N–H and O–H groups in total. The lowest BCUT2D eigenvalue weighted by Gasteiger charge is -2.11. The largest absolute Gasteiger partial charge is 0.488 e. The quantitative estimate of drug-likeness (QED) is 0.633. The van der Waals surface area contributed by atoms with Crippen molar-refractivity contribution in [3.05, 3.63) is 88.3 Å². The fourth-order valence-corrected chi connectivity index (χ4v) is 2.74. The zero-order valence-corrected chi connectivity index (χ0v) is 14.5. The molecule has 3 aromatic rings. The number of anilines is 1.